The van der Waals surface area contributed by atoms with Crippen molar-refractivity contribution >= 4 is 0 Å². The Hall–Kier alpha value is -0.120. The maximum absolute atomic E-state index is 5.39. The summed E-state index contributed by atoms with van der Waals surface area (Å²) in [6, 6.07) is 0. The molecule has 2 atom stereocenters. The maximum Gasteiger partial charge on any atom is 0.0594 e. The second-order valence-corrected chi connectivity index (χ2v) is 4.61. The molecule has 2 N–H and O–H groups in total. The molecule has 0 bridgehead atoms. The highest BCUT2D eigenvalue weighted by Crippen LogP contribution is 2.20. The van der Waals surface area contributed by atoms with Crippen molar-refractivity contribution in [2.75, 3.05) is 39.4 Å². The number of hydrogen-bond acceptors (Lipinski definition) is 3. The van der Waals surface area contributed by atoms with E-state index in [1.807, 2.05) is 0 Å². The van der Waals surface area contributed by atoms with Crippen molar-refractivity contribution in [3.05, 3.63) is 0 Å². The molecule has 1 saturated heterocycles. The van der Waals surface area contributed by atoms with Crippen molar-refractivity contribution in [3.63, 3.8) is 0 Å². The van der Waals surface area contributed by atoms with Gasteiger partial charge in [0, 0.05) is 26.2 Å². The van der Waals surface area contributed by atoms with Gasteiger partial charge in [0.1, 0.15) is 0 Å². The molecule has 3 nitrogen and oxygen atoms in total. The van der Waals surface area contributed by atoms with Crippen molar-refractivity contribution in [1.82, 2.24) is 4.90 Å². The molecule has 0 amide bonds. The summed E-state index contributed by atoms with van der Waals surface area (Å²) >= 11 is 0. The number of rotatable bonds is 5. The third kappa shape index (κ3) is 4.40. The first-order valence-electron chi connectivity index (χ1n) is 5.72. The van der Waals surface area contributed by atoms with Gasteiger partial charge in [0.25, 0.3) is 0 Å². The molecule has 1 heterocycles. The zero-order chi connectivity index (χ0) is 10.4. The number of piperidine rings is 1. The first kappa shape index (κ1) is 12.0. The third-order valence-electron chi connectivity index (χ3n) is 2.76. The van der Waals surface area contributed by atoms with Gasteiger partial charge >= 0.3 is 0 Å². The largest absolute Gasteiger partial charge is 0.379 e. The van der Waals surface area contributed by atoms with Crippen molar-refractivity contribution in [2.45, 2.75) is 20.3 Å². The van der Waals surface area contributed by atoms with Gasteiger partial charge in [-0.1, -0.05) is 13.8 Å². The van der Waals surface area contributed by atoms with E-state index in [4.69, 9.17) is 10.5 Å². The third-order valence-corrected chi connectivity index (χ3v) is 2.76. The van der Waals surface area contributed by atoms with E-state index >= 15 is 0 Å². The Balaban J connectivity index is 2.10. The monoisotopic (exact) mass is 200 g/mol. The van der Waals surface area contributed by atoms with Crippen LogP contribution < -0.4 is 5.73 Å². The van der Waals surface area contributed by atoms with Crippen LogP contribution in [0.4, 0.5) is 0 Å². The summed E-state index contributed by atoms with van der Waals surface area (Å²) in [6.45, 7) is 10.4. The average Bonchev–Trinajstić information content (AvgIpc) is 2.11. The minimum Gasteiger partial charge on any atom is -0.379 e. The molecule has 84 valence electrons. The Bertz CT molecular complexity index is 142. The van der Waals surface area contributed by atoms with Crippen molar-refractivity contribution in [3.8, 4) is 0 Å². The van der Waals surface area contributed by atoms with E-state index in [1.165, 1.54) is 19.5 Å². The number of hydrogen-bond donors (Lipinski definition) is 1. The molecule has 2 unspecified atom stereocenters. The zero-order valence-corrected chi connectivity index (χ0v) is 9.54. The Morgan fingerprint density at radius 1 is 1.21 bits per heavy atom. The second kappa shape index (κ2) is 6.38. The van der Waals surface area contributed by atoms with Crippen molar-refractivity contribution < 1.29 is 4.74 Å². The summed E-state index contributed by atoms with van der Waals surface area (Å²) in [7, 11) is 0. The van der Waals surface area contributed by atoms with Crippen LogP contribution in [0.15, 0.2) is 0 Å². The van der Waals surface area contributed by atoms with Gasteiger partial charge in [-0.2, -0.15) is 0 Å². The fraction of sp³-hybridized carbons (Fsp3) is 1.00. The molecule has 0 aromatic carbocycles. The molecule has 0 saturated carbocycles. The van der Waals surface area contributed by atoms with Gasteiger partial charge in [-0.3, -0.25) is 0 Å². The molecule has 3 heteroatoms. The summed E-state index contributed by atoms with van der Waals surface area (Å²) in [5.41, 5.74) is 5.35. The van der Waals surface area contributed by atoms with Crippen LogP contribution in [-0.4, -0.2) is 44.3 Å². The van der Waals surface area contributed by atoms with E-state index in [9.17, 15) is 0 Å². The van der Waals surface area contributed by atoms with Crippen LogP contribution in [0.2, 0.25) is 0 Å². The van der Waals surface area contributed by atoms with Crippen molar-refractivity contribution in [1.29, 1.82) is 0 Å². The van der Waals surface area contributed by atoms with Crippen LogP contribution in [0, 0.1) is 11.8 Å². The number of likely N-dealkylation sites (tertiary alicyclic amines) is 1. The quantitative estimate of drug-likeness (QED) is 0.671. The standard InChI is InChI=1S/C11H24N2O/c1-10-7-11(2)9-13(8-10)4-6-14-5-3-12/h10-11H,3-9,12H2,1-2H3. The van der Waals surface area contributed by atoms with Crippen LogP contribution >= 0.6 is 0 Å². The second-order valence-electron chi connectivity index (χ2n) is 4.61. The van der Waals surface area contributed by atoms with E-state index in [2.05, 4.69) is 18.7 Å². The molecular weight excluding hydrogens is 176 g/mol. The summed E-state index contributed by atoms with van der Waals surface area (Å²) < 4.78 is 5.39. The van der Waals surface area contributed by atoms with Crippen LogP contribution in [0.5, 0.6) is 0 Å². The summed E-state index contributed by atoms with van der Waals surface area (Å²) in [6.07, 6.45) is 1.38. The predicted molar refractivity (Wildman–Crippen MR) is 59.3 cm³/mol. The fourth-order valence-corrected chi connectivity index (χ4v) is 2.35. The molecule has 0 aliphatic carbocycles. The SMILES string of the molecule is CC1CC(C)CN(CCOCCN)C1. The highest BCUT2D eigenvalue weighted by molar-refractivity contribution is 4.74. The number of nitrogens with two attached hydrogens (primary N) is 1. The van der Waals surface area contributed by atoms with Crippen LogP contribution in [-0.2, 0) is 4.74 Å². The van der Waals surface area contributed by atoms with Crippen molar-refractivity contribution in [2.24, 2.45) is 17.6 Å². The summed E-state index contributed by atoms with van der Waals surface area (Å²) in [5, 5.41) is 0. The Kier molecular flexibility index (Phi) is 5.45. The van der Waals surface area contributed by atoms with E-state index in [0.29, 0.717) is 13.2 Å². The molecule has 0 spiro atoms. The van der Waals surface area contributed by atoms with Gasteiger partial charge in [0.2, 0.25) is 0 Å². The van der Waals surface area contributed by atoms with Gasteiger partial charge in [-0.15, -0.1) is 0 Å². The molecule has 14 heavy (non-hydrogen) atoms. The Morgan fingerprint density at radius 3 is 2.43 bits per heavy atom. The smallest absolute Gasteiger partial charge is 0.0594 e. The van der Waals surface area contributed by atoms with Gasteiger partial charge < -0.3 is 15.4 Å². The predicted octanol–water partition coefficient (Wildman–Crippen LogP) is 0.940. The maximum atomic E-state index is 5.39. The minimum atomic E-state index is 0.632. The summed E-state index contributed by atoms with van der Waals surface area (Å²) in [5.74, 6) is 1.68. The number of ether oxygens (including phenoxy) is 1. The normalized spacial score (nSPS) is 29.4. The molecular formula is C11H24N2O. The number of nitrogens with zero attached hydrogens (tertiary/aromatic N) is 1. The fourth-order valence-electron chi connectivity index (χ4n) is 2.35. The lowest BCUT2D eigenvalue weighted by Crippen LogP contribution is -2.40. The molecule has 1 aliphatic heterocycles. The van der Waals surface area contributed by atoms with E-state index < -0.39 is 0 Å². The van der Waals surface area contributed by atoms with Crippen LogP contribution in [0.3, 0.4) is 0 Å². The van der Waals surface area contributed by atoms with Gasteiger partial charge in [-0.25, -0.2) is 0 Å². The van der Waals surface area contributed by atoms with E-state index in [-0.39, 0.29) is 0 Å². The summed E-state index contributed by atoms with van der Waals surface area (Å²) in [4.78, 5) is 2.51. The Labute approximate surface area is 87.6 Å². The van der Waals surface area contributed by atoms with Gasteiger partial charge in [0.05, 0.1) is 13.2 Å². The Morgan fingerprint density at radius 2 is 1.86 bits per heavy atom. The average molecular weight is 200 g/mol. The first-order chi connectivity index (χ1) is 6.72. The molecule has 1 fully saturated rings. The minimum absolute atomic E-state index is 0.632. The molecule has 0 aromatic rings. The van der Waals surface area contributed by atoms with E-state index in [1.54, 1.807) is 0 Å². The highest BCUT2D eigenvalue weighted by Gasteiger charge is 2.20. The lowest BCUT2D eigenvalue weighted by atomic mass is 9.92. The van der Waals surface area contributed by atoms with Crippen LogP contribution in [0.1, 0.15) is 20.3 Å². The lowest BCUT2D eigenvalue weighted by Gasteiger charge is -2.34. The molecule has 0 aromatic heterocycles. The molecule has 0 radical (unpaired) electrons. The topological polar surface area (TPSA) is 38.5 Å². The molecule has 1 rings (SSSR count). The van der Waals surface area contributed by atoms with Crippen LogP contribution in [0.25, 0.3) is 0 Å². The van der Waals surface area contributed by atoms with Gasteiger partial charge in [0.15, 0.2) is 0 Å². The van der Waals surface area contributed by atoms with E-state index in [0.717, 1.165) is 25.0 Å². The first-order valence-corrected chi connectivity index (χ1v) is 5.72. The molecule has 1 aliphatic rings. The zero-order valence-electron chi connectivity index (χ0n) is 9.54. The van der Waals surface area contributed by atoms with Gasteiger partial charge in [-0.05, 0) is 18.3 Å². The highest BCUT2D eigenvalue weighted by atomic mass is 16.5. The lowest BCUT2D eigenvalue weighted by molar-refractivity contribution is 0.0769.